The summed E-state index contributed by atoms with van der Waals surface area (Å²) < 4.78 is 16.6. The summed E-state index contributed by atoms with van der Waals surface area (Å²) in [5.74, 6) is 1.38. The molecule has 0 N–H and O–H groups in total. The number of benzene rings is 2. The molecule has 1 heterocycles. The first-order chi connectivity index (χ1) is 13.9. The van der Waals surface area contributed by atoms with Gasteiger partial charge in [-0.15, -0.1) is 0 Å². The molecule has 2 aromatic carbocycles. The summed E-state index contributed by atoms with van der Waals surface area (Å²) in [7, 11) is 8.59. The Labute approximate surface area is 180 Å². The largest absolute Gasteiger partial charge is 0.493 e. The molecular formula is C21H22N2O4S2. The number of methoxy groups -OCH3 is 3. The lowest BCUT2D eigenvalue weighted by molar-refractivity contribution is -0.113. The molecule has 0 atom stereocenters. The molecule has 1 saturated heterocycles. The summed E-state index contributed by atoms with van der Waals surface area (Å²) in [4.78, 5) is 17.1. The van der Waals surface area contributed by atoms with Gasteiger partial charge >= 0.3 is 0 Å². The first-order valence-corrected chi connectivity index (χ1v) is 9.97. The minimum absolute atomic E-state index is 0.161. The van der Waals surface area contributed by atoms with Crippen molar-refractivity contribution in [1.29, 1.82) is 0 Å². The van der Waals surface area contributed by atoms with Crippen LogP contribution in [0.1, 0.15) is 5.56 Å². The van der Waals surface area contributed by atoms with Crippen LogP contribution in [0.15, 0.2) is 41.3 Å². The fourth-order valence-electron chi connectivity index (χ4n) is 2.93. The Morgan fingerprint density at radius 1 is 1.00 bits per heavy atom. The fraction of sp³-hybridized carbons (Fsp3) is 0.238. The van der Waals surface area contributed by atoms with Gasteiger partial charge in [-0.25, -0.2) is 0 Å². The summed E-state index contributed by atoms with van der Waals surface area (Å²) in [6.07, 6.45) is 1.78. The van der Waals surface area contributed by atoms with Gasteiger partial charge in [-0.2, -0.15) is 0 Å². The van der Waals surface area contributed by atoms with E-state index in [2.05, 4.69) is 0 Å². The second-order valence-corrected chi connectivity index (χ2v) is 8.06. The van der Waals surface area contributed by atoms with Crippen LogP contribution in [0.2, 0.25) is 0 Å². The second-order valence-electron chi connectivity index (χ2n) is 6.39. The molecule has 3 rings (SSSR count). The maximum atomic E-state index is 13.0. The molecule has 29 heavy (non-hydrogen) atoms. The Morgan fingerprint density at radius 2 is 1.59 bits per heavy atom. The van der Waals surface area contributed by atoms with Gasteiger partial charge in [0, 0.05) is 19.8 Å². The third-order valence-corrected chi connectivity index (χ3v) is 5.70. The van der Waals surface area contributed by atoms with Gasteiger partial charge in [0.1, 0.15) is 0 Å². The number of hydrogen-bond acceptors (Lipinski definition) is 7. The van der Waals surface area contributed by atoms with Crippen LogP contribution in [-0.2, 0) is 4.79 Å². The van der Waals surface area contributed by atoms with E-state index >= 15 is 0 Å². The molecule has 0 spiro atoms. The molecule has 6 nitrogen and oxygen atoms in total. The van der Waals surface area contributed by atoms with Crippen molar-refractivity contribution < 1.29 is 19.0 Å². The number of ether oxygens (including phenoxy) is 3. The molecule has 0 aromatic heterocycles. The Morgan fingerprint density at radius 3 is 2.07 bits per heavy atom. The molecule has 1 aliphatic heterocycles. The average molecular weight is 431 g/mol. The van der Waals surface area contributed by atoms with Gasteiger partial charge in [-0.1, -0.05) is 24.0 Å². The Hall–Kier alpha value is -2.71. The number of hydrogen-bond donors (Lipinski definition) is 0. The van der Waals surface area contributed by atoms with Crippen molar-refractivity contribution in [2.24, 2.45) is 0 Å². The van der Waals surface area contributed by atoms with Crippen molar-refractivity contribution in [2.75, 3.05) is 45.2 Å². The molecule has 1 aliphatic rings. The maximum absolute atomic E-state index is 13.0. The summed E-state index contributed by atoms with van der Waals surface area (Å²) in [5, 5.41) is 0. The third kappa shape index (κ3) is 4.18. The fourth-order valence-corrected chi connectivity index (χ4v) is 4.23. The SMILES string of the molecule is COc1cc(/C=C2\SC(=S)N(c3ccc(N(C)C)cc3)C2=O)cc(OC)c1OC. The Balaban J connectivity index is 1.94. The van der Waals surface area contributed by atoms with Crippen LogP contribution in [0, 0.1) is 0 Å². The van der Waals surface area contributed by atoms with Crippen LogP contribution < -0.4 is 24.0 Å². The van der Waals surface area contributed by atoms with Gasteiger partial charge in [-0.3, -0.25) is 9.69 Å². The molecule has 0 aliphatic carbocycles. The predicted octanol–water partition coefficient (Wildman–Crippen LogP) is 4.18. The summed E-state index contributed by atoms with van der Waals surface area (Å²) in [6, 6.07) is 11.3. The van der Waals surface area contributed by atoms with Crippen molar-refractivity contribution in [3.8, 4) is 17.2 Å². The van der Waals surface area contributed by atoms with Crippen molar-refractivity contribution in [1.82, 2.24) is 0 Å². The highest BCUT2D eigenvalue weighted by Gasteiger charge is 2.33. The molecule has 2 aromatic rings. The number of thiocarbonyl (C=S) groups is 1. The van der Waals surface area contributed by atoms with E-state index < -0.39 is 0 Å². The van der Waals surface area contributed by atoms with Gasteiger partial charge < -0.3 is 19.1 Å². The van der Waals surface area contributed by atoms with Crippen molar-refractivity contribution >= 4 is 51.7 Å². The Bertz CT molecular complexity index is 946. The third-order valence-electron chi connectivity index (χ3n) is 4.40. The highest BCUT2D eigenvalue weighted by Crippen LogP contribution is 2.41. The van der Waals surface area contributed by atoms with Crippen LogP contribution in [0.25, 0.3) is 6.08 Å². The molecular weight excluding hydrogens is 408 g/mol. The number of carbonyl (C=O) groups is 1. The summed E-state index contributed by atoms with van der Waals surface area (Å²) in [6.45, 7) is 0. The van der Waals surface area contributed by atoms with E-state index in [1.165, 1.54) is 11.8 Å². The molecule has 8 heteroatoms. The van der Waals surface area contributed by atoms with Gasteiger partial charge in [0.25, 0.3) is 5.91 Å². The van der Waals surface area contributed by atoms with E-state index in [1.807, 2.05) is 43.3 Å². The number of rotatable bonds is 6. The number of anilines is 2. The smallest absolute Gasteiger partial charge is 0.270 e. The lowest BCUT2D eigenvalue weighted by Crippen LogP contribution is -2.27. The highest BCUT2D eigenvalue weighted by molar-refractivity contribution is 8.27. The normalized spacial score (nSPS) is 15.1. The van der Waals surface area contributed by atoms with Crippen molar-refractivity contribution in [3.05, 3.63) is 46.9 Å². The summed E-state index contributed by atoms with van der Waals surface area (Å²) >= 11 is 6.73. The van der Waals surface area contributed by atoms with Crippen LogP contribution in [0.4, 0.5) is 11.4 Å². The highest BCUT2D eigenvalue weighted by atomic mass is 32.2. The summed E-state index contributed by atoms with van der Waals surface area (Å²) in [5.41, 5.74) is 2.54. The average Bonchev–Trinajstić information content (AvgIpc) is 3.00. The quantitative estimate of drug-likeness (QED) is 0.503. The molecule has 0 bridgehead atoms. The van der Waals surface area contributed by atoms with E-state index in [1.54, 1.807) is 44.4 Å². The van der Waals surface area contributed by atoms with Crippen molar-refractivity contribution in [2.45, 2.75) is 0 Å². The van der Waals surface area contributed by atoms with Gasteiger partial charge in [0.05, 0.1) is 31.9 Å². The zero-order valence-electron chi connectivity index (χ0n) is 16.9. The first-order valence-electron chi connectivity index (χ1n) is 8.75. The molecule has 1 amide bonds. The van der Waals surface area contributed by atoms with Crippen LogP contribution >= 0.6 is 24.0 Å². The molecule has 0 saturated carbocycles. The maximum Gasteiger partial charge on any atom is 0.270 e. The van der Waals surface area contributed by atoms with E-state index in [0.29, 0.717) is 26.5 Å². The number of amides is 1. The lowest BCUT2D eigenvalue weighted by atomic mass is 10.1. The number of nitrogens with zero attached hydrogens (tertiary/aromatic N) is 2. The van der Waals surface area contributed by atoms with Crippen LogP contribution in [0.5, 0.6) is 17.2 Å². The predicted molar refractivity (Wildman–Crippen MR) is 123 cm³/mol. The minimum Gasteiger partial charge on any atom is -0.493 e. The number of thioether (sulfide) groups is 1. The van der Waals surface area contributed by atoms with Crippen molar-refractivity contribution in [3.63, 3.8) is 0 Å². The first kappa shape index (κ1) is 21.0. The van der Waals surface area contributed by atoms with E-state index in [-0.39, 0.29) is 5.91 Å². The van der Waals surface area contributed by atoms with Gasteiger partial charge in [0.15, 0.2) is 15.8 Å². The zero-order valence-corrected chi connectivity index (χ0v) is 18.5. The minimum atomic E-state index is -0.161. The van der Waals surface area contributed by atoms with Crippen LogP contribution in [-0.4, -0.2) is 45.7 Å². The van der Waals surface area contributed by atoms with E-state index in [0.717, 1.165) is 16.9 Å². The van der Waals surface area contributed by atoms with Crippen LogP contribution in [0.3, 0.4) is 0 Å². The van der Waals surface area contributed by atoms with Gasteiger partial charge in [0.2, 0.25) is 5.75 Å². The van der Waals surface area contributed by atoms with E-state index in [4.69, 9.17) is 26.4 Å². The lowest BCUT2D eigenvalue weighted by Gasteiger charge is -2.17. The second kappa shape index (κ2) is 8.75. The monoisotopic (exact) mass is 430 g/mol. The van der Waals surface area contributed by atoms with E-state index in [9.17, 15) is 4.79 Å². The zero-order chi connectivity index (χ0) is 21.1. The number of carbonyl (C=O) groups excluding carboxylic acids is 1. The topological polar surface area (TPSA) is 51.2 Å². The molecule has 0 radical (unpaired) electrons. The molecule has 152 valence electrons. The van der Waals surface area contributed by atoms with Gasteiger partial charge in [-0.05, 0) is 48.0 Å². The molecule has 0 unspecified atom stereocenters. The standard InChI is InChI=1S/C21H22N2O4S2/c1-22(2)14-6-8-15(9-7-14)23-20(24)18(29-21(23)28)12-13-10-16(25-3)19(27-5)17(11-13)26-4/h6-12H,1-5H3/b18-12-. The molecule has 1 fully saturated rings. The Kier molecular flexibility index (Phi) is 6.34.